The zero-order valence-corrected chi connectivity index (χ0v) is 8.61. The summed E-state index contributed by atoms with van der Waals surface area (Å²) in [7, 11) is 0. The van der Waals surface area contributed by atoms with Crippen LogP contribution in [0.4, 0.5) is 13.2 Å². The Bertz CT molecular complexity index is 278. The molecule has 0 aliphatic heterocycles. The summed E-state index contributed by atoms with van der Waals surface area (Å²) >= 11 is -0.0346. The largest absolute Gasteiger partial charge is 0.441 e. The van der Waals surface area contributed by atoms with Crippen LogP contribution < -0.4 is 5.32 Å². The lowest BCUT2D eigenvalue weighted by Crippen LogP contribution is -2.19. The molecule has 0 fully saturated rings. The minimum Gasteiger partial charge on any atom is -0.309 e. The Morgan fingerprint density at radius 2 is 1.93 bits per heavy atom. The van der Waals surface area contributed by atoms with Crippen LogP contribution in [0.15, 0.2) is 18.5 Å². The lowest BCUT2D eigenvalue weighted by atomic mass is 10.5. The van der Waals surface area contributed by atoms with Crippen molar-refractivity contribution >= 4 is 11.8 Å². The van der Waals surface area contributed by atoms with Crippen molar-refractivity contribution in [1.82, 2.24) is 15.3 Å². The molecule has 0 saturated carbocycles. The molecule has 7 heteroatoms. The maximum atomic E-state index is 11.7. The molecule has 1 heterocycles. The van der Waals surface area contributed by atoms with Gasteiger partial charge in [0.1, 0.15) is 5.82 Å². The van der Waals surface area contributed by atoms with Crippen molar-refractivity contribution in [2.24, 2.45) is 0 Å². The van der Waals surface area contributed by atoms with Gasteiger partial charge in [0.2, 0.25) is 0 Å². The van der Waals surface area contributed by atoms with Gasteiger partial charge in [0.05, 0.1) is 6.54 Å². The molecule has 1 rings (SSSR count). The number of nitrogens with zero attached hydrogens (tertiary/aromatic N) is 2. The highest BCUT2D eigenvalue weighted by molar-refractivity contribution is 8.00. The summed E-state index contributed by atoms with van der Waals surface area (Å²) in [5.41, 5.74) is -4.15. The zero-order valence-electron chi connectivity index (χ0n) is 7.79. The van der Waals surface area contributed by atoms with Crippen LogP contribution in [0.25, 0.3) is 0 Å². The Labute approximate surface area is 89.5 Å². The molecule has 3 nitrogen and oxygen atoms in total. The van der Waals surface area contributed by atoms with Crippen molar-refractivity contribution in [3.63, 3.8) is 0 Å². The van der Waals surface area contributed by atoms with E-state index in [0.717, 1.165) is 0 Å². The van der Waals surface area contributed by atoms with E-state index in [2.05, 4.69) is 15.3 Å². The summed E-state index contributed by atoms with van der Waals surface area (Å²) in [5.74, 6) is 0.575. The van der Waals surface area contributed by atoms with Gasteiger partial charge in [0.25, 0.3) is 0 Å². The third-order valence-corrected chi connectivity index (χ3v) is 2.18. The van der Waals surface area contributed by atoms with E-state index >= 15 is 0 Å². The Balaban J connectivity index is 2.08. The molecule has 1 aromatic rings. The van der Waals surface area contributed by atoms with Crippen molar-refractivity contribution in [3.8, 4) is 0 Å². The molecular weight excluding hydrogens is 227 g/mol. The van der Waals surface area contributed by atoms with Gasteiger partial charge in [-0.1, -0.05) is 0 Å². The Hall–Kier alpha value is -0.820. The molecule has 0 atom stereocenters. The van der Waals surface area contributed by atoms with Crippen LogP contribution in [0.1, 0.15) is 5.82 Å². The summed E-state index contributed by atoms with van der Waals surface area (Å²) < 4.78 is 35.1. The fraction of sp³-hybridized carbons (Fsp3) is 0.500. The molecule has 0 aliphatic rings. The highest BCUT2D eigenvalue weighted by Crippen LogP contribution is 2.29. The first-order valence-corrected chi connectivity index (χ1v) is 5.24. The summed E-state index contributed by atoms with van der Waals surface area (Å²) in [5, 5.41) is 2.83. The molecule has 0 saturated heterocycles. The number of hydrogen-bond donors (Lipinski definition) is 1. The molecule has 0 aliphatic carbocycles. The van der Waals surface area contributed by atoms with Crippen molar-refractivity contribution in [1.29, 1.82) is 0 Å². The summed E-state index contributed by atoms with van der Waals surface area (Å²) in [6.07, 6.45) is 3.18. The number of halogens is 3. The van der Waals surface area contributed by atoms with E-state index in [1.54, 1.807) is 18.5 Å². The Morgan fingerprint density at radius 3 is 2.53 bits per heavy atom. The number of nitrogens with one attached hydrogen (secondary N) is 1. The topological polar surface area (TPSA) is 37.8 Å². The van der Waals surface area contributed by atoms with Crippen molar-refractivity contribution < 1.29 is 13.2 Å². The summed E-state index contributed by atoms with van der Waals surface area (Å²) in [6.45, 7) is 0.668. The van der Waals surface area contributed by atoms with Gasteiger partial charge in [-0.2, -0.15) is 13.2 Å². The molecule has 0 spiro atoms. The zero-order chi connectivity index (χ0) is 11.1. The predicted octanol–water partition coefficient (Wildman–Crippen LogP) is 1.82. The van der Waals surface area contributed by atoms with Crippen LogP contribution in [0.3, 0.4) is 0 Å². The van der Waals surface area contributed by atoms with Crippen molar-refractivity contribution in [2.75, 3.05) is 12.3 Å². The van der Waals surface area contributed by atoms with E-state index in [1.165, 1.54) is 0 Å². The average molecular weight is 237 g/mol. The lowest BCUT2D eigenvalue weighted by Gasteiger charge is -2.05. The SMILES string of the molecule is FC(F)(F)SCCNCc1ncccn1. The molecule has 0 aromatic carbocycles. The molecule has 0 radical (unpaired) electrons. The number of hydrogen-bond acceptors (Lipinski definition) is 4. The lowest BCUT2D eigenvalue weighted by molar-refractivity contribution is -0.0327. The summed E-state index contributed by atoms with van der Waals surface area (Å²) in [4.78, 5) is 7.84. The van der Waals surface area contributed by atoms with Gasteiger partial charge in [0.15, 0.2) is 0 Å². The second-order valence-electron chi connectivity index (χ2n) is 2.64. The first kappa shape index (κ1) is 12.3. The number of alkyl halides is 3. The number of rotatable bonds is 5. The van der Waals surface area contributed by atoms with Crippen molar-refractivity contribution in [3.05, 3.63) is 24.3 Å². The van der Waals surface area contributed by atoms with Crippen LogP contribution in [0.2, 0.25) is 0 Å². The fourth-order valence-electron chi connectivity index (χ4n) is 0.860. The van der Waals surface area contributed by atoms with Gasteiger partial charge in [0, 0.05) is 24.7 Å². The third-order valence-electron chi connectivity index (χ3n) is 1.45. The monoisotopic (exact) mass is 237 g/mol. The van der Waals surface area contributed by atoms with Crippen LogP contribution in [-0.2, 0) is 6.54 Å². The molecule has 1 aromatic heterocycles. The highest BCUT2D eigenvalue weighted by atomic mass is 32.2. The van der Waals surface area contributed by atoms with E-state index in [0.29, 0.717) is 12.4 Å². The van der Waals surface area contributed by atoms with Gasteiger partial charge in [-0.25, -0.2) is 9.97 Å². The van der Waals surface area contributed by atoms with E-state index in [-0.39, 0.29) is 24.1 Å². The van der Waals surface area contributed by atoms with E-state index in [4.69, 9.17) is 0 Å². The highest BCUT2D eigenvalue weighted by Gasteiger charge is 2.27. The normalized spacial score (nSPS) is 11.7. The minimum atomic E-state index is -4.15. The molecule has 15 heavy (non-hydrogen) atoms. The predicted molar refractivity (Wildman–Crippen MR) is 52.3 cm³/mol. The first-order chi connectivity index (χ1) is 7.08. The quantitative estimate of drug-likeness (QED) is 0.793. The number of thioether (sulfide) groups is 1. The molecule has 1 N–H and O–H groups in total. The van der Waals surface area contributed by atoms with Gasteiger partial charge < -0.3 is 5.32 Å². The molecule has 84 valence electrons. The summed E-state index contributed by atoms with van der Waals surface area (Å²) in [6, 6.07) is 1.68. The number of aromatic nitrogens is 2. The third kappa shape index (κ3) is 6.29. The minimum absolute atomic E-state index is 0.00364. The maximum Gasteiger partial charge on any atom is 0.441 e. The second-order valence-corrected chi connectivity index (χ2v) is 3.80. The smallest absolute Gasteiger partial charge is 0.309 e. The molecule has 0 amide bonds. The van der Waals surface area contributed by atoms with E-state index in [9.17, 15) is 13.2 Å². The van der Waals surface area contributed by atoms with E-state index in [1.807, 2.05) is 0 Å². The average Bonchev–Trinajstić information content (AvgIpc) is 2.17. The molecule has 0 bridgehead atoms. The molecule has 0 unspecified atom stereocenters. The van der Waals surface area contributed by atoms with E-state index < -0.39 is 5.51 Å². The Kier molecular flexibility index (Phi) is 4.83. The molecular formula is C8H10F3N3S. The van der Waals surface area contributed by atoms with Gasteiger partial charge in [-0.15, -0.1) is 0 Å². The van der Waals surface area contributed by atoms with Crippen LogP contribution >= 0.6 is 11.8 Å². The standard InChI is InChI=1S/C8H10F3N3S/c9-8(10,11)15-5-4-12-6-7-13-2-1-3-14-7/h1-3,12H,4-6H2. The fourth-order valence-corrected chi connectivity index (χ4v) is 1.34. The first-order valence-electron chi connectivity index (χ1n) is 4.25. The van der Waals surface area contributed by atoms with Crippen LogP contribution in [0, 0.1) is 0 Å². The van der Waals surface area contributed by atoms with Crippen molar-refractivity contribution in [2.45, 2.75) is 12.1 Å². The van der Waals surface area contributed by atoms with Crippen LogP contribution in [0.5, 0.6) is 0 Å². The second kappa shape index (κ2) is 5.92. The van der Waals surface area contributed by atoms with Gasteiger partial charge >= 0.3 is 5.51 Å². The van der Waals surface area contributed by atoms with Crippen LogP contribution in [-0.4, -0.2) is 27.8 Å². The maximum absolute atomic E-state index is 11.7. The van der Waals surface area contributed by atoms with Gasteiger partial charge in [-0.3, -0.25) is 0 Å². The van der Waals surface area contributed by atoms with Gasteiger partial charge in [-0.05, 0) is 17.8 Å². The Morgan fingerprint density at radius 1 is 1.27 bits per heavy atom.